The summed E-state index contributed by atoms with van der Waals surface area (Å²) < 4.78 is 0. The van der Waals surface area contributed by atoms with E-state index in [2.05, 4.69) is 10.6 Å². The molecular formula is C17H19N3O4. The van der Waals surface area contributed by atoms with Crippen LogP contribution in [0.5, 0.6) is 0 Å². The lowest BCUT2D eigenvalue weighted by Crippen LogP contribution is -2.38. The second kappa shape index (κ2) is 6.82. The van der Waals surface area contributed by atoms with Crippen LogP contribution in [0.3, 0.4) is 0 Å². The first kappa shape index (κ1) is 16.2. The average molecular weight is 329 g/mol. The molecule has 3 rings (SSSR count). The number of carbonyl (C=O) groups is 4. The van der Waals surface area contributed by atoms with Crippen molar-refractivity contribution in [1.82, 2.24) is 15.5 Å². The highest BCUT2D eigenvalue weighted by Gasteiger charge is 2.34. The van der Waals surface area contributed by atoms with Crippen molar-refractivity contribution in [2.75, 3.05) is 13.1 Å². The number of imide groups is 1. The van der Waals surface area contributed by atoms with Gasteiger partial charge in [-0.1, -0.05) is 12.1 Å². The fourth-order valence-electron chi connectivity index (χ4n) is 3.00. The first-order chi connectivity index (χ1) is 11.6. The van der Waals surface area contributed by atoms with E-state index in [0.29, 0.717) is 30.5 Å². The first-order valence-corrected chi connectivity index (χ1v) is 8.07. The molecular weight excluding hydrogens is 310 g/mol. The lowest BCUT2D eigenvalue weighted by Gasteiger charge is -2.14. The Balaban J connectivity index is 1.42. The van der Waals surface area contributed by atoms with Crippen molar-refractivity contribution in [3.63, 3.8) is 0 Å². The van der Waals surface area contributed by atoms with E-state index in [1.165, 1.54) is 4.90 Å². The summed E-state index contributed by atoms with van der Waals surface area (Å²) in [7, 11) is 0. The van der Waals surface area contributed by atoms with Crippen molar-refractivity contribution in [1.29, 1.82) is 0 Å². The second-order valence-corrected chi connectivity index (χ2v) is 6.02. The van der Waals surface area contributed by atoms with Crippen molar-refractivity contribution in [2.45, 2.75) is 31.7 Å². The Labute approximate surface area is 139 Å². The highest BCUT2D eigenvalue weighted by molar-refractivity contribution is 6.21. The van der Waals surface area contributed by atoms with E-state index in [9.17, 15) is 19.2 Å². The lowest BCUT2D eigenvalue weighted by atomic mass is 10.1. The fraction of sp³-hybridized carbons (Fsp3) is 0.412. The predicted molar refractivity (Wildman–Crippen MR) is 85.2 cm³/mol. The quantitative estimate of drug-likeness (QED) is 0.741. The van der Waals surface area contributed by atoms with Gasteiger partial charge in [-0.25, -0.2) is 0 Å². The number of hydrogen-bond donors (Lipinski definition) is 2. The van der Waals surface area contributed by atoms with Crippen LogP contribution in [0.15, 0.2) is 24.3 Å². The van der Waals surface area contributed by atoms with E-state index in [1.807, 2.05) is 0 Å². The van der Waals surface area contributed by atoms with Gasteiger partial charge in [-0.2, -0.15) is 0 Å². The van der Waals surface area contributed by atoms with Crippen LogP contribution in [0, 0.1) is 0 Å². The minimum absolute atomic E-state index is 0.00214. The number of nitrogens with one attached hydrogen (secondary N) is 2. The van der Waals surface area contributed by atoms with Gasteiger partial charge in [-0.05, 0) is 25.0 Å². The number of fused-ring (bicyclic) bond motifs is 1. The normalized spacial score (nSPS) is 19.4. The molecule has 1 saturated heterocycles. The van der Waals surface area contributed by atoms with E-state index in [-0.39, 0.29) is 42.6 Å². The van der Waals surface area contributed by atoms with Gasteiger partial charge in [0.25, 0.3) is 11.8 Å². The summed E-state index contributed by atoms with van der Waals surface area (Å²) >= 11 is 0. The van der Waals surface area contributed by atoms with Crippen molar-refractivity contribution in [3.05, 3.63) is 35.4 Å². The molecule has 0 spiro atoms. The number of amides is 4. The Kier molecular flexibility index (Phi) is 4.59. The average Bonchev–Trinajstić information content (AvgIpc) is 3.10. The smallest absolute Gasteiger partial charge is 0.261 e. The van der Waals surface area contributed by atoms with Crippen molar-refractivity contribution >= 4 is 23.6 Å². The van der Waals surface area contributed by atoms with E-state index >= 15 is 0 Å². The summed E-state index contributed by atoms with van der Waals surface area (Å²) in [4.78, 5) is 48.4. The van der Waals surface area contributed by atoms with Gasteiger partial charge < -0.3 is 10.6 Å². The molecule has 2 heterocycles. The van der Waals surface area contributed by atoms with Crippen LogP contribution in [0.2, 0.25) is 0 Å². The van der Waals surface area contributed by atoms with E-state index in [1.54, 1.807) is 24.3 Å². The molecule has 0 saturated carbocycles. The Morgan fingerprint density at radius 3 is 2.42 bits per heavy atom. The zero-order valence-corrected chi connectivity index (χ0v) is 13.2. The SMILES string of the molecule is O=C(CCCN1C(=O)c2ccccc2C1=O)NCC1CCC(=O)N1. The van der Waals surface area contributed by atoms with E-state index < -0.39 is 0 Å². The molecule has 1 aromatic carbocycles. The lowest BCUT2D eigenvalue weighted by molar-refractivity contribution is -0.122. The number of hydrogen-bond acceptors (Lipinski definition) is 4. The Bertz CT molecular complexity index is 666. The molecule has 2 aliphatic heterocycles. The maximum atomic E-state index is 12.2. The van der Waals surface area contributed by atoms with Crippen molar-refractivity contribution in [3.8, 4) is 0 Å². The van der Waals surface area contributed by atoms with Crippen LogP contribution in [-0.2, 0) is 9.59 Å². The summed E-state index contributed by atoms with van der Waals surface area (Å²) in [5, 5.41) is 5.55. The highest BCUT2D eigenvalue weighted by atomic mass is 16.2. The third-order valence-electron chi connectivity index (χ3n) is 4.29. The van der Waals surface area contributed by atoms with Crippen LogP contribution < -0.4 is 10.6 Å². The maximum Gasteiger partial charge on any atom is 0.261 e. The van der Waals surface area contributed by atoms with Crippen LogP contribution in [0.25, 0.3) is 0 Å². The van der Waals surface area contributed by atoms with Crippen molar-refractivity contribution in [2.24, 2.45) is 0 Å². The molecule has 1 unspecified atom stereocenters. The molecule has 0 bridgehead atoms. The first-order valence-electron chi connectivity index (χ1n) is 8.07. The molecule has 2 aliphatic rings. The largest absolute Gasteiger partial charge is 0.354 e. The van der Waals surface area contributed by atoms with Crippen LogP contribution in [0.1, 0.15) is 46.4 Å². The molecule has 7 heteroatoms. The molecule has 2 N–H and O–H groups in total. The molecule has 0 aromatic heterocycles. The number of nitrogens with zero attached hydrogens (tertiary/aromatic N) is 1. The third kappa shape index (κ3) is 3.29. The highest BCUT2D eigenvalue weighted by Crippen LogP contribution is 2.22. The standard InChI is InChI=1S/C17H19N3O4/c21-14(18-10-11-7-8-15(22)19-11)6-3-9-20-16(23)12-4-1-2-5-13(12)17(20)24/h1-2,4-5,11H,3,6-10H2,(H,18,21)(H,19,22). The van der Waals surface area contributed by atoms with Crippen molar-refractivity contribution < 1.29 is 19.2 Å². The Morgan fingerprint density at radius 1 is 1.17 bits per heavy atom. The number of carbonyl (C=O) groups excluding carboxylic acids is 4. The molecule has 1 aromatic rings. The molecule has 0 aliphatic carbocycles. The monoisotopic (exact) mass is 329 g/mol. The van der Waals surface area contributed by atoms with Crippen LogP contribution >= 0.6 is 0 Å². The molecule has 1 atom stereocenters. The van der Waals surface area contributed by atoms with Gasteiger partial charge in [0.05, 0.1) is 11.1 Å². The van der Waals surface area contributed by atoms with Gasteiger partial charge in [0.1, 0.15) is 0 Å². The topological polar surface area (TPSA) is 95.6 Å². The van der Waals surface area contributed by atoms with Gasteiger partial charge in [-0.3, -0.25) is 24.1 Å². The summed E-state index contributed by atoms with van der Waals surface area (Å²) in [6, 6.07) is 6.72. The summed E-state index contributed by atoms with van der Waals surface area (Å²) in [6.45, 7) is 0.636. The van der Waals surface area contributed by atoms with Crippen LogP contribution in [-0.4, -0.2) is 47.7 Å². The van der Waals surface area contributed by atoms with Crippen LogP contribution in [0.4, 0.5) is 0 Å². The van der Waals surface area contributed by atoms with Gasteiger partial charge in [0, 0.05) is 32.0 Å². The fourth-order valence-corrected chi connectivity index (χ4v) is 3.00. The van der Waals surface area contributed by atoms with Gasteiger partial charge in [0.2, 0.25) is 11.8 Å². The van der Waals surface area contributed by atoms with Gasteiger partial charge in [0.15, 0.2) is 0 Å². The Morgan fingerprint density at radius 2 is 1.83 bits per heavy atom. The third-order valence-corrected chi connectivity index (χ3v) is 4.29. The molecule has 126 valence electrons. The summed E-state index contributed by atoms with van der Waals surface area (Å²) in [5.41, 5.74) is 0.841. The zero-order valence-electron chi connectivity index (χ0n) is 13.2. The molecule has 7 nitrogen and oxygen atoms in total. The maximum absolute atomic E-state index is 12.2. The zero-order chi connectivity index (χ0) is 17.1. The van der Waals surface area contributed by atoms with E-state index in [4.69, 9.17) is 0 Å². The Hall–Kier alpha value is -2.70. The summed E-state index contributed by atoms with van der Waals surface area (Å²) in [5.74, 6) is -0.734. The molecule has 4 amide bonds. The minimum atomic E-state index is -0.301. The molecule has 1 fully saturated rings. The predicted octanol–water partition coefficient (Wildman–Crippen LogP) is 0.458. The van der Waals surface area contributed by atoms with Gasteiger partial charge >= 0.3 is 0 Å². The minimum Gasteiger partial charge on any atom is -0.354 e. The second-order valence-electron chi connectivity index (χ2n) is 6.02. The number of rotatable bonds is 6. The molecule has 0 radical (unpaired) electrons. The van der Waals surface area contributed by atoms with Gasteiger partial charge in [-0.15, -0.1) is 0 Å². The summed E-state index contributed by atoms with van der Waals surface area (Å²) in [6.07, 6.45) is 1.87. The molecule has 24 heavy (non-hydrogen) atoms. The number of benzene rings is 1. The van der Waals surface area contributed by atoms with E-state index in [0.717, 1.165) is 6.42 Å².